The van der Waals surface area contributed by atoms with Crippen molar-refractivity contribution in [1.29, 1.82) is 0 Å². The van der Waals surface area contributed by atoms with Crippen LogP contribution in [0.5, 0.6) is 0 Å². The van der Waals surface area contributed by atoms with E-state index in [4.69, 9.17) is 4.98 Å². The molecule has 0 unspecified atom stereocenters. The Kier molecular flexibility index (Phi) is 3.26. The van der Waals surface area contributed by atoms with Gasteiger partial charge in [0.15, 0.2) is 0 Å². The lowest BCUT2D eigenvalue weighted by atomic mass is 9.97. The molecule has 1 amide bonds. The van der Waals surface area contributed by atoms with Crippen LogP contribution in [0.4, 0.5) is 0 Å². The summed E-state index contributed by atoms with van der Waals surface area (Å²) in [6, 6.07) is 3.85. The van der Waals surface area contributed by atoms with Gasteiger partial charge in [-0.1, -0.05) is 19.9 Å². The number of hydrogen-bond donors (Lipinski definition) is 0. The van der Waals surface area contributed by atoms with E-state index in [1.165, 1.54) is 22.6 Å². The Balaban J connectivity index is 1.56. The molecular weight excluding hydrogens is 294 g/mol. The molecule has 4 nitrogen and oxygen atoms in total. The maximum atomic E-state index is 12.5. The number of rotatable bonds is 2. The number of likely N-dealkylation sites (tertiary alicyclic amines) is 1. The van der Waals surface area contributed by atoms with Gasteiger partial charge in [0.2, 0.25) is 0 Å². The van der Waals surface area contributed by atoms with Crippen molar-refractivity contribution in [1.82, 2.24) is 14.9 Å². The Bertz CT molecular complexity index is 711. The molecule has 3 heterocycles. The van der Waals surface area contributed by atoms with E-state index < -0.39 is 0 Å². The molecule has 0 radical (unpaired) electrons. The van der Waals surface area contributed by atoms with Gasteiger partial charge in [-0.2, -0.15) is 0 Å². The van der Waals surface area contributed by atoms with Gasteiger partial charge in [-0.25, -0.2) is 9.97 Å². The summed E-state index contributed by atoms with van der Waals surface area (Å²) in [7, 11) is 0. The Labute approximate surface area is 134 Å². The van der Waals surface area contributed by atoms with E-state index in [-0.39, 0.29) is 5.91 Å². The zero-order chi connectivity index (χ0) is 15.3. The second-order valence-corrected chi connectivity index (χ2v) is 7.49. The minimum absolute atomic E-state index is 0.172. The number of amides is 1. The number of aromatic nitrogens is 2. The summed E-state index contributed by atoms with van der Waals surface area (Å²) in [4.78, 5) is 24.6. The molecule has 0 bridgehead atoms. The average Bonchev–Trinajstić information content (AvgIpc) is 3.21. The van der Waals surface area contributed by atoms with Crippen molar-refractivity contribution in [3.63, 3.8) is 0 Å². The van der Waals surface area contributed by atoms with Crippen LogP contribution in [-0.4, -0.2) is 33.9 Å². The number of fused-ring (bicyclic) bond motifs is 3. The van der Waals surface area contributed by atoms with Crippen LogP contribution in [0.1, 0.15) is 52.4 Å². The van der Waals surface area contributed by atoms with Gasteiger partial charge in [0, 0.05) is 36.8 Å². The highest BCUT2D eigenvalue weighted by molar-refractivity contribution is 7.12. The summed E-state index contributed by atoms with van der Waals surface area (Å²) < 4.78 is 0. The first-order chi connectivity index (χ1) is 10.6. The summed E-state index contributed by atoms with van der Waals surface area (Å²) in [5.74, 6) is 2.40. The molecule has 5 heteroatoms. The Morgan fingerprint density at radius 3 is 3.00 bits per heavy atom. The van der Waals surface area contributed by atoms with Gasteiger partial charge < -0.3 is 4.90 Å². The van der Waals surface area contributed by atoms with E-state index in [1.807, 2.05) is 28.6 Å². The maximum absolute atomic E-state index is 12.5. The molecule has 1 fully saturated rings. The molecule has 22 heavy (non-hydrogen) atoms. The van der Waals surface area contributed by atoms with Gasteiger partial charge >= 0.3 is 0 Å². The fourth-order valence-corrected chi connectivity index (χ4v) is 4.28. The van der Waals surface area contributed by atoms with E-state index in [0.717, 1.165) is 30.2 Å². The van der Waals surface area contributed by atoms with E-state index >= 15 is 0 Å². The van der Waals surface area contributed by atoms with Gasteiger partial charge in [-0.05, 0) is 29.3 Å². The number of thiophene rings is 1. The molecule has 4 rings (SSSR count). The summed E-state index contributed by atoms with van der Waals surface area (Å²) >= 11 is 1.52. The highest BCUT2D eigenvalue weighted by Crippen LogP contribution is 2.42. The molecule has 2 atom stereocenters. The lowest BCUT2D eigenvalue weighted by Gasteiger charge is -2.17. The SMILES string of the molecule is CC(C)c1ncc2c(n1)C[C@@H]1CN(C(=O)c3cccs3)C[C@H]21. The van der Waals surface area contributed by atoms with Crippen molar-refractivity contribution in [2.24, 2.45) is 5.92 Å². The predicted molar refractivity (Wildman–Crippen MR) is 86.3 cm³/mol. The average molecular weight is 313 g/mol. The normalized spacial score (nSPS) is 23.0. The zero-order valence-corrected chi connectivity index (χ0v) is 13.6. The topological polar surface area (TPSA) is 46.1 Å². The monoisotopic (exact) mass is 313 g/mol. The Hall–Kier alpha value is -1.75. The molecule has 114 valence electrons. The molecule has 2 aliphatic rings. The van der Waals surface area contributed by atoms with Crippen LogP contribution in [-0.2, 0) is 6.42 Å². The second-order valence-electron chi connectivity index (χ2n) is 6.54. The Morgan fingerprint density at radius 2 is 2.27 bits per heavy atom. The van der Waals surface area contributed by atoms with E-state index in [9.17, 15) is 4.79 Å². The number of carbonyl (C=O) groups excluding carboxylic acids is 1. The highest BCUT2D eigenvalue weighted by atomic mass is 32.1. The van der Waals surface area contributed by atoms with Crippen molar-refractivity contribution in [2.45, 2.75) is 32.1 Å². The smallest absolute Gasteiger partial charge is 0.263 e. The molecule has 1 saturated heterocycles. The molecule has 2 aromatic rings. The standard InChI is InChI=1S/C17H19N3OS/c1-10(2)16-18-7-12-13-9-20(8-11(13)6-14(12)19-16)17(21)15-4-3-5-22-15/h3-5,7,10-11,13H,6,8-9H2,1-2H3/t11-,13+/m1/s1. The molecule has 2 aromatic heterocycles. The van der Waals surface area contributed by atoms with Gasteiger partial charge in [-0.3, -0.25) is 4.79 Å². The molecule has 0 saturated carbocycles. The van der Waals surface area contributed by atoms with Gasteiger partial charge in [0.25, 0.3) is 5.91 Å². The van der Waals surface area contributed by atoms with Crippen LogP contribution in [0.2, 0.25) is 0 Å². The molecule has 0 spiro atoms. The van der Waals surface area contributed by atoms with Gasteiger partial charge in [0.05, 0.1) is 4.88 Å². The molecule has 1 aliphatic carbocycles. The first-order valence-corrected chi connectivity index (χ1v) is 8.70. The van der Waals surface area contributed by atoms with E-state index in [2.05, 4.69) is 18.8 Å². The fourth-order valence-electron chi connectivity index (χ4n) is 3.59. The second kappa shape index (κ2) is 5.16. The molecular formula is C17H19N3OS. The predicted octanol–water partition coefficient (Wildman–Crippen LogP) is 3.07. The number of hydrogen-bond acceptors (Lipinski definition) is 4. The van der Waals surface area contributed by atoms with Crippen LogP contribution in [0.3, 0.4) is 0 Å². The summed E-state index contributed by atoms with van der Waals surface area (Å²) in [6.07, 6.45) is 2.98. The third-order valence-electron chi connectivity index (χ3n) is 4.75. The van der Waals surface area contributed by atoms with Crippen LogP contribution in [0, 0.1) is 5.92 Å². The molecule has 1 aliphatic heterocycles. The largest absolute Gasteiger partial charge is 0.337 e. The lowest BCUT2D eigenvalue weighted by molar-refractivity contribution is 0.0790. The van der Waals surface area contributed by atoms with Crippen molar-refractivity contribution >= 4 is 17.2 Å². The van der Waals surface area contributed by atoms with Crippen molar-refractivity contribution < 1.29 is 4.79 Å². The fraction of sp³-hybridized carbons (Fsp3) is 0.471. The van der Waals surface area contributed by atoms with Crippen LogP contribution in [0.15, 0.2) is 23.7 Å². The zero-order valence-electron chi connectivity index (χ0n) is 12.8. The van der Waals surface area contributed by atoms with Gasteiger partial charge in [0.1, 0.15) is 5.82 Å². The number of carbonyl (C=O) groups is 1. The van der Waals surface area contributed by atoms with Crippen LogP contribution >= 0.6 is 11.3 Å². The van der Waals surface area contributed by atoms with Crippen molar-refractivity contribution in [3.8, 4) is 0 Å². The summed E-state index contributed by atoms with van der Waals surface area (Å²) in [6.45, 7) is 5.89. The minimum Gasteiger partial charge on any atom is -0.337 e. The first-order valence-electron chi connectivity index (χ1n) is 7.82. The minimum atomic E-state index is 0.172. The van der Waals surface area contributed by atoms with Gasteiger partial charge in [-0.15, -0.1) is 11.3 Å². The van der Waals surface area contributed by atoms with Crippen LogP contribution < -0.4 is 0 Å². The summed E-state index contributed by atoms with van der Waals surface area (Å²) in [5, 5.41) is 1.96. The van der Waals surface area contributed by atoms with Crippen molar-refractivity contribution in [2.75, 3.05) is 13.1 Å². The number of nitrogens with zero attached hydrogens (tertiary/aromatic N) is 3. The highest BCUT2D eigenvalue weighted by Gasteiger charge is 2.42. The van der Waals surface area contributed by atoms with E-state index in [1.54, 1.807) is 0 Å². The van der Waals surface area contributed by atoms with E-state index in [0.29, 0.717) is 17.8 Å². The molecule has 0 aromatic carbocycles. The quantitative estimate of drug-likeness (QED) is 0.856. The van der Waals surface area contributed by atoms with Crippen molar-refractivity contribution in [3.05, 3.63) is 45.7 Å². The molecule has 0 N–H and O–H groups in total. The third-order valence-corrected chi connectivity index (χ3v) is 5.61. The summed E-state index contributed by atoms with van der Waals surface area (Å²) in [5.41, 5.74) is 2.47. The first kappa shape index (κ1) is 13.9. The Morgan fingerprint density at radius 1 is 1.41 bits per heavy atom. The maximum Gasteiger partial charge on any atom is 0.263 e. The third kappa shape index (κ3) is 2.15. The van der Waals surface area contributed by atoms with Crippen LogP contribution in [0.25, 0.3) is 0 Å². The lowest BCUT2D eigenvalue weighted by Crippen LogP contribution is -2.29.